The van der Waals surface area contributed by atoms with Crippen molar-refractivity contribution in [3.8, 4) is 11.5 Å². The first-order valence-corrected chi connectivity index (χ1v) is 13.3. The second kappa shape index (κ2) is 10.2. The molecule has 3 aliphatic rings. The number of likely N-dealkylation sites (tertiary alicyclic amines) is 1. The summed E-state index contributed by atoms with van der Waals surface area (Å²) < 4.78 is 13.2. The zero-order chi connectivity index (χ0) is 25.4. The van der Waals surface area contributed by atoms with E-state index in [2.05, 4.69) is 38.4 Å². The molecular weight excluding hydrogens is 470 g/mol. The Morgan fingerprint density at radius 2 is 1.92 bits per heavy atom. The van der Waals surface area contributed by atoms with Crippen LogP contribution in [0.5, 0.6) is 11.5 Å². The second-order valence-corrected chi connectivity index (χ2v) is 10.4. The summed E-state index contributed by atoms with van der Waals surface area (Å²) in [4.78, 5) is 18.1. The third-order valence-electron chi connectivity index (χ3n) is 7.93. The van der Waals surface area contributed by atoms with Crippen LogP contribution in [0, 0.1) is 5.92 Å². The minimum absolute atomic E-state index is 0.00454. The predicted octanol–water partition coefficient (Wildman–Crippen LogP) is 2.48. The van der Waals surface area contributed by atoms with Crippen molar-refractivity contribution < 1.29 is 19.4 Å². The molecule has 0 radical (unpaired) electrons. The van der Waals surface area contributed by atoms with Crippen LogP contribution in [0.25, 0.3) is 10.9 Å². The Balaban J connectivity index is 1.16. The lowest BCUT2D eigenvalue weighted by molar-refractivity contribution is -0.126. The number of nitrogens with zero attached hydrogens (tertiary/aromatic N) is 4. The summed E-state index contributed by atoms with van der Waals surface area (Å²) in [5, 5.41) is 20.1. The van der Waals surface area contributed by atoms with Gasteiger partial charge in [0.2, 0.25) is 5.91 Å². The van der Waals surface area contributed by atoms with E-state index in [-0.39, 0.29) is 11.8 Å². The molecule has 2 unspecified atom stereocenters. The molecule has 3 atom stereocenters. The van der Waals surface area contributed by atoms with Crippen LogP contribution < -0.4 is 19.7 Å². The fourth-order valence-corrected chi connectivity index (χ4v) is 5.78. The highest BCUT2D eigenvalue weighted by Gasteiger charge is 2.33. The molecule has 196 valence electrons. The normalized spacial score (nSPS) is 21.4. The zero-order valence-corrected chi connectivity index (χ0v) is 21.3. The van der Waals surface area contributed by atoms with Gasteiger partial charge in [-0.25, -0.2) is 0 Å². The molecule has 2 fully saturated rings. The number of carbonyl (C=O) groups excluding carboxylic acids is 1. The number of aliphatic hydroxyl groups excluding tert-OH is 1. The summed E-state index contributed by atoms with van der Waals surface area (Å²) in [7, 11) is 1.94. The van der Waals surface area contributed by atoms with Crippen LogP contribution in [0.2, 0.25) is 0 Å². The van der Waals surface area contributed by atoms with Crippen LogP contribution in [0.1, 0.15) is 30.9 Å². The van der Waals surface area contributed by atoms with Crippen molar-refractivity contribution in [3.05, 3.63) is 48.2 Å². The molecular formula is C28H35N5O4. The van der Waals surface area contributed by atoms with E-state index < -0.39 is 12.1 Å². The smallest absolute Gasteiger partial charge is 0.225 e. The van der Waals surface area contributed by atoms with Gasteiger partial charge in [0, 0.05) is 37.8 Å². The molecule has 1 aromatic heterocycles. The van der Waals surface area contributed by atoms with Gasteiger partial charge in [-0.1, -0.05) is 6.07 Å². The number of hydrogen-bond donors (Lipinski definition) is 2. The van der Waals surface area contributed by atoms with E-state index in [1.54, 1.807) is 0 Å². The zero-order valence-electron chi connectivity index (χ0n) is 21.3. The SMILES string of the molecule is Cn1ncc2ccc(N3CC[C@@H](C(=O)NC(CN4CCCC4)C(O)c4ccc5c(c4)OCCO5)C3)cc21. The van der Waals surface area contributed by atoms with Crippen molar-refractivity contribution in [2.45, 2.75) is 31.4 Å². The maximum Gasteiger partial charge on any atom is 0.225 e. The van der Waals surface area contributed by atoms with Gasteiger partial charge in [0.15, 0.2) is 11.5 Å². The number of nitrogens with one attached hydrogen (secondary N) is 1. The van der Waals surface area contributed by atoms with Gasteiger partial charge in [-0.3, -0.25) is 9.48 Å². The Kier molecular flexibility index (Phi) is 6.65. The molecule has 9 heteroatoms. The average molecular weight is 506 g/mol. The summed E-state index contributed by atoms with van der Waals surface area (Å²) in [5.41, 5.74) is 2.92. The predicted molar refractivity (Wildman–Crippen MR) is 141 cm³/mol. The van der Waals surface area contributed by atoms with Crippen LogP contribution in [0.4, 0.5) is 5.69 Å². The number of rotatable bonds is 7. The number of aromatic nitrogens is 2. The summed E-state index contributed by atoms with van der Waals surface area (Å²) in [6, 6.07) is 11.5. The lowest BCUT2D eigenvalue weighted by atomic mass is 9.99. The minimum Gasteiger partial charge on any atom is -0.486 e. The maximum atomic E-state index is 13.5. The number of aliphatic hydroxyl groups is 1. The molecule has 1 amide bonds. The topological polar surface area (TPSA) is 92.1 Å². The highest BCUT2D eigenvalue weighted by molar-refractivity contribution is 5.84. The van der Waals surface area contributed by atoms with Gasteiger partial charge in [0.05, 0.1) is 23.7 Å². The number of anilines is 1. The number of ether oxygens (including phenoxy) is 2. The summed E-state index contributed by atoms with van der Waals surface area (Å²) in [6.45, 7) is 5.11. The van der Waals surface area contributed by atoms with Crippen molar-refractivity contribution >= 4 is 22.5 Å². The summed E-state index contributed by atoms with van der Waals surface area (Å²) in [6.07, 6.45) is 4.11. The monoisotopic (exact) mass is 505 g/mol. The molecule has 0 saturated carbocycles. The van der Waals surface area contributed by atoms with E-state index in [1.165, 1.54) is 0 Å². The number of carbonyl (C=O) groups is 1. The first-order chi connectivity index (χ1) is 18.0. The third kappa shape index (κ3) is 4.98. The third-order valence-corrected chi connectivity index (χ3v) is 7.93. The second-order valence-electron chi connectivity index (χ2n) is 10.4. The Morgan fingerprint density at radius 1 is 1.11 bits per heavy atom. The number of fused-ring (bicyclic) bond motifs is 2. The Bertz CT molecular complexity index is 1270. The minimum atomic E-state index is -0.842. The lowest BCUT2D eigenvalue weighted by Gasteiger charge is -2.30. The summed E-state index contributed by atoms with van der Waals surface area (Å²) in [5.74, 6) is 1.21. The van der Waals surface area contributed by atoms with Crippen molar-refractivity contribution in [1.29, 1.82) is 0 Å². The van der Waals surface area contributed by atoms with Crippen molar-refractivity contribution in [1.82, 2.24) is 20.0 Å². The molecule has 9 nitrogen and oxygen atoms in total. The van der Waals surface area contributed by atoms with Crippen LogP contribution in [0.15, 0.2) is 42.6 Å². The van der Waals surface area contributed by atoms with E-state index in [1.807, 2.05) is 36.1 Å². The van der Waals surface area contributed by atoms with Gasteiger partial charge in [-0.15, -0.1) is 0 Å². The molecule has 6 rings (SSSR count). The molecule has 0 bridgehead atoms. The first-order valence-electron chi connectivity index (χ1n) is 13.3. The first kappa shape index (κ1) is 24.1. The quantitative estimate of drug-likeness (QED) is 0.510. The highest BCUT2D eigenvalue weighted by Crippen LogP contribution is 2.34. The van der Waals surface area contributed by atoms with Gasteiger partial charge in [-0.2, -0.15) is 5.10 Å². The molecule has 3 aromatic rings. The van der Waals surface area contributed by atoms with Gasteiger partial charge in [0.25, 0.3) is 0 Å². The van der Waals surface area contributed by atoms with E-state index in [0.717, 1.165) is 61.1 Å². The fourth-order valence-electron chi connectivity index (χ4n) is 5.78. The van der Waals surface area contributed by atoms with Crippen LogP contribution in [-0.2, 0) is 11.8 Å². The number of amides is 1. The Labute approximate surface area is 216 Å². The largest absolute Gasteiger partial charge is 0.486 e. The Hall–Kier alpha value is -3.30. The van der Waals surface area contributed by atoms with Crippen molar-refractivity contribution in [2.24, 2.45) is 13.0 Å². The number of benzene rings is 2. The van der Waals surface area contributed by atoms with Gasteiger partial charge in [-0.05, 0) is 68.2 Å². The van der Waals surface area contributed by atoms with Crippen molar-refractivity contribution in [3.63, 3.8) is 0 Å². The molecule has 4 heterocycles. The average Bonchev–Trinajstić information content (AvgIpc) is 3.69. The fraction of sp³-hybridized carbons (Fsp3) is 0.500. The van der Waals surface area contributed by atoms with Gasteiger partial charge >= 0.3 is 0 Å². The van der Waals surface area contributed by atoms with Gasteiger partial charge in [0.1, 0.15) is 19.3 Å². The van der Waals surface area contributed by atoms with Crippen LogP contribution in [-0.4, -0.2) is 77.7 Å². The maximum absolute atomic E-state index is 13.5. The van der Waals surface area contributed by atoms with E-state index >= 15 is 0 Å². The van der Waals surface area contributed by atoms with E-state index in [0.29, 0.717) is 37.8 Å². The number of aryl methyl sites for hydroxylation is 1. The molecule has 2 N–H and O–H groups in total. The molecule has 2 aromatic carbocycles. The van der Waals surface area contributed by atoms with Crippen LogP contribution in [0.3, 0.4) is 0 Å². The molecule has 0 aliphatic carbocycles. The standard InChI is InChI=1S/C28H35N5O4/c1-31-24-15-22(6-4-20(24)16-29-31)33-11-8-21(17-33)28(35)30-23(18-32-9-2-3-10-32)27(34)19-5-7-25-26(14-19)37-13-12-36-25/h4-7,14-16,21,23,27,34H,2-3,8-13,17-18H2,1H3,(H,30,35)/t21-,23?,27?/m1/s1. The van der Waals surface area contributed by atoms with E-state index in [9.17, 15) is 9.90 Å². The Morgan fingerprint density at radius 3 is 2.76 bits per heavy atom. The van der Waals surface area contributed by atoms with E-state index in [4.69, 9.17) is 9.47 Å². The highest BCUT2D eigenvalue weighted by atomic mass is 16.6. The summed E-state index contributed by atoms with van der Waals surface area (Å²) >= 11 is 0. The number of hydrogen-bond acceptors (Lipinski definition) is 7. The molecule has 0 spiro atoms. The molecule has 2 saturated heterocycles. The van der Waals surface area contributed by atoms with Gasteiger partial charge < -0.3 is 29.7 Å². The molecule has 37 heavy (non-hydrogen) atoms. The molecule has 3 aliphatic heterocycles. The van der Waals surface area contributed by atoms with Crippen molar-refractivity contribution in [2.75, 3.05) is 50.8 Å². The van der Waals surface area contributed by atoms with Crippen LogP contribution >= 0.6 is 0 Å². The lowest BCUT2D eigenvalue weighted by Crippen LogP contribution is -2.48.